The Morgan fingerprint density at radius 2 is 2.00 bits per heavy atom. The maximum atomic E-state index is 12.7. The fourth-order valence-electron chi connectivity index (χ4n) is 2.89. The van der Waals surface area contributed by atoms with Gasteiger partial charge in [0.25, 0.3) is 5.91 Å². The van der Waals surface area contributed by atoms with E-state index >= 15 is 0 Å². The molecule has 2 aliphatic heterocycles. The number of halogens is 1. The molecule has 138 valence electrons. The minimum Gasteiger partial charge on any atom is -0.493 e. The molecule has 0 radical (unpaired) electrons. The molecule has 0 aliphatic carbocycles. The van der Waals surface area contributed by atoms with E-state index in [9.17, 15) is 9.59 Å². The molecular formula is C19H15BrN2O5. The fraction of sp³-hybridized carbons (Fsp3) is 0.158. The van der Waals surface area contributed by atoms with Gasteiger partial charge in [-0.2, -0.15) is 0 Å². The SMILES string of the molecule is COc1cc(/C=C2\NC(=O)N(Cc3ccc(Br)cc3)C2=O)cc2c1OCO2. The largest absolute Gasteiger partial charge is 0.493 e. The average molecular weight is 431 g/mol. The van der Waals surface area contributed by atoms with E-state index in [0.29, 0.717) is 22.8 Å². The zero-order chi connectivity index (χ0) is 19.0. The number of nitrogens with zero attached hydrogens (tertiary/aromatic N) is 1. The van der Waals surface area contributed by atoms with Crippen LogP contribution in [0, 0.1) is 0 Å². The monoisotopic (exact) mass is 430 g/mol. The van der Waals surface area contributed by atoms with Gasteiger partial charge in [-0.1, -0.05) is 28.1 Å². The predicted octanol–water partition coefficient (Wildman–Crippen LogP) is 3.28. The molecule has 0 bridgehead atoms. The molecule has 2 aromatic carbocycles. The lowest BCUT2D eigenvalue weighted by Gasteiger charge is -2.11. The van der Waals surface area contributed by atoms with Crippen LogP contribution in [0.4, 0.5) is 4.79 Å². The van der Waals surface area contributed by atoms with Crippen molar-refractivity contribution in [2.24, 2.45) is 0 Å². The molecule has 0 aromatic heterocycles. The lowest BCUT2D eigenvalue weighted by molar-refractivity contribution is -0.123. The number of methoxy groups -OCH3 is 1. The normalized spacial score (nSPS) is 16.8. The molecule has 3 amide bonds. The molecule has 0 unspecified atom stereocenters. The third-order valence-corrected chi connectivity index (χ3v) is 4.74. The Kier molecular flexibility index (Phi) is 4.49. The Hall–Kier alpha value is -3.00. The molecule has 2 aliphatic rings. The van der Waals surface area contributed by atoms with Crippen LogP contribution >= 0.6 is 15.9 Å². The van der Waals surface area contributed by atoms with Gasteiger partial charge in [-0.3, -0.25) is 9.69 Å². The van der Waals surface area contributed by atoms with Crippen molar-refractivity contribution in [3.05, 3.63) is 57.7 Å². The number of hydrogen-bond donors (Lipinski definition) is 1. The molecule has 8 heteroatoms. The number of benzene rings is 2. The molecule has 4 rings (SSSR count). The maximum absolute atomic E-state index is 12.7. The highest BCUT2D eigenvalue weighted by molar-refractivity contribution is 9.10. The summed E-state index contributed by atoms with van der Waals surface area (Å²) in [5.74, 6) is 1.17. The van der Waals surface area contributed by atoms with Crippen molar-refractivity contribution in [1.82, 2.24) is 10.2 Å². The highest BCUT2D eigenvalue weighted by atomic mass is 79.9. The number of carbonyl (C=O) groups excluding carboxylic acids is 2. The molecule has 0 atom stereocenters. The fourth-order valence-corrected chi connectivity index (χ4v) is 3.15. The molecule has 1 N–H and O–H groups in total. The zero-order valence-electron chi connectivity index (χ0n) is 14.3. The van der Waals surface area contributed by atoms with Crippen LogP contribution in [0.2, 0.25) is 0 Å². The van der Waals surface area contributed by atoms with E-state index in [1.54, 1.807) is 18.2 Å². The predicted molar refractivity (Wildman–Crippen MR) is 100 cm³/mol. The third kappa shape index (κ3) is 3.35. The molecule has 1 fully saturated rings. The van der Waals surface area contributed by atoms with Crippen molar-refractivity contribution in [2.75, 3.05) is 13.9 Å². The van der Waals surface area contributed by atoms with E-state index in [0.717, 1.165) is 10.0 Å². The van der Waals surface area contributed by atoms with Gasteiger partial charge in [0.1, 0.15) is 5.70 Å². The van der Waals surface area contributed by atoms with Gasteiger partial charge in [0.05, 0.1) is 13.7 Å². The minimum atomic E-state index is -0.457. The van der Waals surface area contributed by atoms with Crippen LogP contribution in [0.3, 0.4) is 0 Å². The maximum Gasteiger partial charge on any atom is 0.329 e. The van der Waals surface area contributed by atoms with E-state index in [4.69, 9.17) is 14.2 Å². The Balaban J connectivity index is 1.59. The zero-order valence-corrected chi connectivity index (χ0v) is 15.9. The highest BCUT2D eigenvalue weighted by Crippen LogP contribution is 2.42. The Labute approximate surface area is 163 Å². The van der Waals surface area contributed by atoms with E-state index < -0.39 is 6.03 Å². The highest BCUT2D eigenvalue weighted by Gasteiger charge is 2.33. The third-order valence-electron chi connectivity index (χ3n) is 4.21. The van der Waals surface area contributed by atoms with Crippen LogP contribution < -0.4 is 19.5 Å². The molecule has 27 heavy (non-hydrogen) atoms. The molecule has 1 saturated heterocycles. The average Bonchev–Trinajstić information content (AvgIpc) is 3.23. The number of ether oxygens (including phenoxy) is 3. The second-order valence-corrected chi connectivity index (χ2v) is 6.88. The Bertz CT molecular complexity index is 955. The summed E-state index contributed by atoms with van der Waals surface area (Å²) in [5, 5.41) is 2.62. The number of imide groups is 1. The van der Waals surface area contributed by atoms with E-state index in [1.165, 1.54) is 12.0 Å². The van der Waals surface area contributed by atoms with Crippen molar-refractivity contribution in [3.8, 4) is 17.2 Å². The van der Waals surface area contributed by atoms with Crippen LogP contribution in [0.1, 0.15) is 11.1 Å². The van der Waals surface area contributed by atoms with Crippen LogP contribution in [0.15, 0.2) is 46.6 Å². The lowest BCUT2D eigenvalue weighted by atomic mass is 10.1. The summed E-state index contributed by atoms with van der Waals surface area (Å²) in [5.41, 5.74) is 1.70. The first-order valence-corrected chi connectivity index (χ1v) is 8.91. The van der Waals surface area contributed by atoms with Crippen molar-refractivity contribution < 1.29 is 23.8 Å². The Morgan fingerprint density at radius 1 is 1.22 bits per heavy atom. The van der Waals surface area contributed by atoms with Gasteiger partial charge < -0.3 is 19.5 Å². The van der Waals surface area contributed by atoms with E-state index in [-0.39, 0.29) is 24.9 Å². The Morgan fingerprint density at radius 3 is 2.74 bits per heavy atom. The van der Waals surface area contributed by atoms with Gasteiger partial charge >= 0.3 is 6.03 Å². The second-order valence-electron chi connectivity index (χ2n) is 5.96. The van der Waals surface area contributed by atoms with Crippen LogP contribution in [0.25, 0.3) is 6.08 Å². The van der Waals surface area contributed by atoms with Crippen LogP contribution in [-0.2, 0) is 11.3 Å². The number of nitrogens with one attached hydrogen (secondary N) is 1. The number of urea groups is 1. The first kappa shape index (κ1) is 17.4. The minimum absolute atomic E-state index is 0.113. The molecule has 2 aromatic rings. The van der Waals surface area contributed by atoms with Gasteiger partial charge in [-0.05, 0) is 41.5 Å². The summed E-state index contributed by atoms with van der Waals surface area (Å²) in [6, 6.07) is 10.4. The van der Waals surface area contributed by atoms with Gasteiger partial charge in [0.2, 0.25) is 12.5 Å². The standard InChI is InChI=1S/C19H15BrN2O5/c1-25-15-7-12(8-16-17(15)27-10-26-16)6-14-18(23)22(19(24)21-14)9-11-2-4-13(20)5-3-11/h2-8H,9-10H2,1H3,(H,21,24)/b14-6-. The van der Waals surface area contributed by atoms with Gasteiger partial charge in [-0.15, -0.1) is 0 Å². The first-order valence-electron chi connectivity index (χ1n) is 8.12. The summed E-state index contributed by atoms with van der Waals surface area (Å²) in [7, 11) is 1.52. The lowest BCUT2D eigenvalue weighted by Crippen LogP contribution is -2.30. The number of fused-ring (bicyclic) bond motifs is 1. The summed E-state index contributed by atoms with van der Waals surface area (Å²) in [6.45, 7) is 0.308. The molecule has 0 spiro atoms. The molecule has 0 saturated carbocycles. The van der Waals surface area contributed by atoms with Gasteiger partial charge in [-0.25, -0.2) is 4.79 Å². The summed E-state index contributed by atoms with van der Waals surface area (Å²) in [4.78, 5) is 26.1. The van der Waals surface area contributed by atoms with Crippen molar-refractivity contribution in [2.45, 2.75) is 6.54 Å². The van der Waals surface area contributed by atoms with Crippen LogP contribution in [0.5, 0.6) is 17.2 Å². The molecule has 7 nitrogen and oxygen atoms in total. The summed E-state index contributed by atoms with van der Waals surface area (Å²) >= 11 is 3.36. The smallest absolute Gasteiger partial charge is 0.329 e. The van der Waals surface area contributed by atoms with Crippen LogP contribution in [-0.4, -0.2) is 30.7 Å². The number of amides is 3. The van der Waals surface area contributed by atoms with E-state index in [2.05, 4.69) is 21.2 Å². The second kappa shape index (κ2) is 6.96. The summed E-state index contributed by atoms with van der Waals surface area (Å²) in [6.07, 6.45) is 1.59. The van der Waals surface area contributed by atoms with Crippen molar-refractivity contribution in [1.29, 1.82) is 0 Å². The van der Waals surface area contributed by atoms with Crippen molar-refractivity contribution in [3.63, 3.8) is 0 Å². The molecule has 2 heterocycles. The number of rotatable bonds is 4. The number of hydrogen-bond acceptors (Lipinski definition) is 5. The topological polar surface area (TPSA) is 77.1 Å². The quantitative estimate of drug-likeness (QED) is 0.594. The van der Waals surface area contributed by atoms with Gasteiger partial charge in [0, 0.05) is 4.47 Å². The number of carbonyl (C=O) groups is 2. The van der Waals surface area contributed by atoms with E-state index in [1.807, 2.05) is 24.3 Å². The summed E-state index contributed by atoms with van der Waals surface area (Å²) < 4.78 is 17.0. The van der Waals surface area contributed by atoms with Crippen molar-refractivity contribution >= 4 is 33.9 Å². The van der Waals surface area contributed by atoms with Gasteiger partial charge in [0.15, 0.2) is 11.5 Å². The molecular weight excluding hydrogens is 416 g/mol. The first-order chi connectivity index (χ1) is 13.0.